The highest BCUT2D eigenvalue weighted by molar-refractivity contribution is 9.10. The number of halogens is 1. The van der Waals surface area contributed by atoms with Crippen molar-refractivity contribution in [2.75, 3.05) is 5.75 Å². The van der Waals surface area contributed by atoms with Crippen molar-refractivity contribution in [2.24, 2.45) is 0 Å². The number of aryl methyl sites for hydroxylation is 2. The smallest absolute Gasteiger partial charge is 0.107 e. The van der Waals surface area contributed by atoms with E-state index >= 15 is 0 Å². The molecule has 0 atom stereocenters. The van der Waals surface area contributed by atoms with Crippen molar-refractivity contribution in [1.29, 1.82) is 0 Å². The fourth-order valence-corrected chi connectivity index (χ4v) is 2.35. The normalized spacial score (nSPS) is 10.7. The third-order valence-corrected chi connectivity index (χ3v) is 3.33. The van der Waals surface area contributed by atoms with Gasteiger partial charge in [-0.2, -0.15) is 12.6 Å². The van der Waals surface area contributed by atoms with Gasteiger partial charge in [0.15, 0.2) is 0 Å². The Morgan fingerprint density at radius 2 is 2.12 bits per heavy atom. The first kappa shape index (κ1) is 11.7. The number of nitrogens with zero attached hydrogens (tertiary/aromatic N) is 1. The SMILES string of the molecule is Cc1[nH]c(CCS)nc1-c1ccccc1Br. The van der Waals surface area contributed by atoms with Gasteiger partial charge in [0, 0.05) is 22.2 Å². The van der Waals surface area contributed by atoms with Crippen molar-refractivity contribution in [3.63, 3.8) is 0 Å². The summed E-state index contributed by atoms with van der Waals surface area (Å²) in [4.78, 5) is 7.89. The third kappa shape index (κ3) is 2.33. The summed E-state index contributed by atoms with van der Waals surface area (Å²) in [6.07, 6.45) is 0.869. The van der Waals surface area contributed by atoms with Gasteiger partial charge in [0.1, 0.15) is 5.82 Å². The molecule has 0 saturated carbocycles. The minimum atomic E-state index is 0.808. The van der Waals surface area contributed by atoms with Crippen molar-refractivity contribution >= 4 is 28.6 Å². The highest BCUT2D eigenvalue weighted by Gasteiger charge is 2.10. The van der Waals surface area contributed by atoms with Crippen molar-refractivity contribution in [1.82, 2.24) is 9.97 Å². The van der Waals surface area contributed by atoms with Crippen molar-refractivity contribution < 1.29 is 0 Å². The van der Waals surface area contributed by atoms with Crippen LogP contribution in [0.2, 0.25) is 0 Å². The minimum absolute atomic E-state index is 0.808. The van der Waals surface area contributed by atoms with Gasteiger partial charge >= 0.3 is 0 Å². The second-order valence-corrected chi connectivity index (χ2v) is 4.91. The zero-order valence-corrected chi connectivity index (χ0v) is 11.5. The fourth-order valence-electron chi connectivity index (χ4n) is 1.66. The van der Waals surface area contributed by atoms with Crippen LogP contribution in [0.1, 0.15) is 11.5 Å². The predicted octanol–water partition coefficient (Wildman–Crippen LogP) is 3.62. The van der Waals surface area contributed by atoms with E-state index in [0.29, 0.717) is 0 Å². The number of benzene rings is 1. The van der Waals surface area contributed by atoms with Gasteiger partial charge in [-0.15, -0.1) is 0 Å². The molecule has 1 N–H and O–H groups in total. The molecule has 1 heterocycles. The Bertz CT molecular complexity index is 494. The summed E-state index contributed by atoms with van der Waals surface area (Å²) in [5.74, 6) is 1.81. The van der Waals surface area contributed by atoms with Gasteiger partial charge in [0.25, 0.3) is 0 Å². The summed E-state index contributed by atoms with van der Waals surface area (Å²) in [6.45, 7) is 2.05. The molecule has 84 valence electrons. The van der Waals surface area contributed by atoms with Crippen LogP contribution in [0.15, 0.2) is 28.7 Å². The molecule has 0 bridgehead atoms. The van der Waals surface area contributed by atoms with E-state index in [-0.39, 0.29) is 0 Å². The van der Waals surface area contributed by atoms with E-state index in [4.69, 9.17) is 0 Å². The van der Waals surface area contributed by atoms with Crippen LogP contribution in [0.3, 0.4) is 0 Å². The summed E-state index contributed by atoms with van der Waals surface area (Å²) in [5, 5.41) is 0. The Hall–Kier alpha value is -0.740. The van der Waals surface area contributed by atoms with Gasteiger partial charge in [-0.05, 0) is 18.7 Å². The highest BCUT2D eigenvalue weighted by atomic mass is 79.9. The molecule has 0 unspecified atom stereocenters. The summed E-state index contributed by atoms with van der Waals surface area (Å²) in [5.41, 5.74) is 3.25. The van der Waals surface area contributed by atoms with Crippen LogP contribution in [0.25, 0.3) is 11.3 Å². The van der Waals surface area contributed by atoms with E-state index < -0.39 is 0 Å². The largest absolute Gasteiger partial charge is 0.346 e. The maximum atomic E-state index is 4.60. The van der Waals surface area contributed by atoms with E-state index in [2.05, 4.69) is 44.6 Å². The molecule has 0 spiro atoms. The number of nitrogens with one attached hydrogen (secondary N) is 1. The Labute approximate surface area is 109 Å². The van der Waals surface area contributed by atoms with E-state index in [1.54, 1.807) is 0 Å². The lowest BCUT2D eigenvalue weighted by molar-refractivity contribution is 0.995. The number of thiol groups is 1. The number of imidazole rings is 1. The Morgan fingerprint density at radius 1 is 1.38 bits per heavy atom. The molecule has 2 nitrogen and oxygen atoms in total. The standard InChI is InChI=1S/C12H13BrN2S/c1-8-12(15-11(14-8)6-7-16)9-4-2-3-5-10(9)13/h2-5,16H,6-7H2,1H3,(H,14,15). The first-order chi connectivity index (χ1) is 7.72. The molecule has 0 aliphatic heterocycles. The topological polar surface area (TPSA) is 28.7 Å². The third-order valence-electron chi connectivity index (χ3n) is 2.41. The average molecular weight is 297 g/mol. The Kier molecular flexibility index (Phi) is 3.71. The summed E-state index contributed by atoms with van der Waals surface area (Å²) < 4.78 is 1.07. The summed E-state index contributed by atoms with van der Waals surface area (Å²) >= 11 is 7.76. The predicted molar refractivity (Wildman–Crippen MR) is 74.0 cm³/mol. The zero-order valence-electron chi connectivity index (χ0n) is 9.00. The van der Waals surface area contributed by atoms with Crippen LogP contribution in [0.4, 0.5) is 0 Å². The average Bonchev–Trinajstić information content (AvgIpc) is 2.61. The Morgan fingerprint density at radius 3 is 2.81 bits per heavy atom. The number of hydrogen-bond donors (Lipinski definition) is 2. The molecule has 0 aliphatic carbocycles. The maximum Gasteiger partial charge on any atom is 0.107 e. The summed E-state index contributed by atoms with van der Waals surface area (Å²) in [6, 6.07) is 8.12. The molecule has 1 aromatic carbocycles. The summed E-state index contributed by atoms with van der Waals surface area (Å²) in [7, 11) is 0. The Balaban J connectivity index is 2.44. The minimum Gasteiger partial charge on any atom is -0.346 e. The number of hydrogen-bond acceptors (Lipinski definition) is 2. The first-order valence-corrected chi connectivity index (χ1v) is 6.56. The quantitative estimate of drug-likeness (QED) is 0.832. The number of aromatic nitrogens is 2. The van der Waals surface area contributed by atoms with Gasteiger partial charge in [-0.3, -0.25) is 0 Å². The molecule has 0 aliphatic rings. The zero-order chi connectivity index (χ0) is 11.5. The molecular weight excluding hydrogens is 284 g/mol. The molecule has 16 heavy (non-hydrogen) atoms. The van der Waals surface area contributed by atoms with Crippen LogP contribution in [0, 0.1) is 6.92 Å². The van der Waals surface area contributed by atoms with Gasteiger partial charge in [0.2, 0.25) is 0 Å². The molecular formula is C12H13BrN2S. The lowest BCUT2D eigenvalue weighted by atomic mass is 10.1. The first-order valence-electron chi connectivity index (χ1n) is 5.13. The molecule has 4 heteroatoms. The van der Waals surface area contributed by atoms with Gasteiger partial charge in [-0.25, -0.2) is 4.98 Å². The second-order valence-electron chi connectivity index (χ2n) is 3.61. The number of rotatable bonds is 3. The van der Waals surface area contributed by atoms with Crippen molar-refractivity contribution in [3.05, 3.63) is 40.3 Å². The fraction of sp³-hybridized carbons (Fsp3) is 0.250. The van der Waals surface area contributed by atoms with E-state index in [1.807, 2.05) is 25.1 Å². The molecule has 2 rings (SSSR count). The molecule has 1 aromatic heterocycles. The molecule has 2 aromatic rings. The highest BCUT2D eigenvalue weighted by Crippen LogP contribution is 2.28. The molecule has 0 amide bonds. The van der Waals surface area contributed by atoms with Gasteiger partial charge < -0.3 is 4.98 Å². The van der Waals surface area contributed by atoms with Crippen LogP contribution in [-0.2, 0) is 6.42 Å². The second kappa shape index (κ2) is 5.06. The van der Waals surface area contributed by atoms with Crippen molar-refractivity contribution in [3.8, 4) is 11.3 Å². The van der Waals surface area contributed by atoms with Crippen LogP contribution in [-0.4, -0.2) is 15.7 Å². The number of aromatic amines is 1. The van der Waals surface area contributed by atoms with E-state index in [0.717, 1.165) is 39.4 Å². The lowest BCUT2D eigenvalue weighted by Crippen LogP contribution is -1.88. The van der Waals surface area contributed by atoms with E-state index in [1.165, 1.54) is 0 Å². The van der Waals surface area contributed by atoms with Crippen LogP contribution >= 0.6 is 28.6 Å². The van der Waals surface area contributed by atoms with Crippen LogP contribution < -0.4 is 0 Å². The van der Waals surface area contributed by atoms with E-state index in [9.17, 15) is 0 Å². The number of H-pyrrole nitrogens is 1. The monoisotopic (exact) mass is 296 g/mol. The van der Waals surface area contributed by atoms with Crippen LogP contribution in [0.5, 0.6) is 0 Å². The molecule has 0 radical (unpaired) electrons. The lowest BCUT2D eigenvalue weighted by Gasteiger charge is -2.01. The maximum absolute atomic E-state index is 4.60. The van der Waals surface area contributed by atoms with Gasteiger partial charge in [0.05, 0.1) is 5.69 Å². The van der Waals surface area contributed by atoms with Gasteiger partial charge in [-0.1, -0.05) is 34.1 Å². The molecule has 0 fully saturated rings. The van der Waals surface area contributed by atoms with Crippen molar-refractivity contribution in [2.45, 2.75) is 13.3 Å². The molecule has 0 saturated heterocycles.